The maximum atomic E-state index is 11.4. The third-order valence-electron chi connectivity index (χ3n) is 2.10. The van der Waals surface area contributed by atoms with Crippen molar-refractivity contribution in [2.24, 2.45) is 0 Å². The fraction of sp³-hybridized carbons (Fsp3) is 0.667. The van der Waals surface area contributed by atoms with Crippen LogP contribution in [0.2, 0.25) is 0 Å². The second-order valence-electron chi connectivity index (χ2n) is 3.09. The number of nitrogens with zero attached hydrogens (tertiary/aromatic N) is 3. The summed E-state index contributed by atoms with van der Waals surface area (Å²) >= 11 is 0. The summed E-state index contributed by atoms with van der Waals surface area (Å²) in [7, 11) is 0. The average Bonchev–Trinajstić information content (AvgIpc) is 2.71. The van der Waals surface area contributed by atoms with Crippen LogP contribution in [0.1, 0.15) is 33.6 Å². The average molecular weight is 227 g/mol. The third-order valence-corrected chi connectivity index (χ3v) is 2.10. The van der Waals surface area contributed by atoms with E-state index in [1.165, 1.54) is 4.68 Å². The number of hydrogen-bond acceptors (Lipinski definition) is 5. The molecule has 1 heterocycles. The first kappa shape index (κ1) is 12.4. The summed E-state index contributed by atoms with van der Waals surface area (Å²) in [6, 6.07) is 0. The highest BCUT2D eigenvalue weighted by molar-refractivity contribution is 5.47. The molecular formula is C9H17N5O2. The molecule has 1 aromatic rings. The van der Waals surface area contributed by atoms with Gasteiger partial charge < -0.3 is 0 Å². The normalized spacial score (nSPS) is 12.4. The third kappa shape index (κ3) is 2.69. The van der Waals surface area contributed by atoms with Gasteiger partial charge >= 0.3 is 5.69 Å². The molecule has 0 saturated carbocycles. The van der Waals surface area contributed by atoms with Gasteiger partial charge in [0.15, 0.2) is 0 Å². The minimum Gasteiger partial charge on any atom is -0.277 e. The fourth-order valence-corrected chi connectivity index (χ4v) is 1.36. The van der Waals surface area contributed by atoms with Gasteiger partial charge in [-0.05, 0) is 30.2 Å². The van der Waals surface area contributed by atoms with Gasteiger partial charge in [0.25, 0.3) is 0 Å². The summed E-state index contributed by atoms with van der Waals surface area (Å²) in [6.45, 7) is 6.35. The highest BCUT2D eigenvalue weighted by Gasteiger charge is 2.10. The Morgan fingerprint density at radius 3 is 2.62 bits per heavy atom. The smallest absolute Gasteiger partial charge is 0.277 e. The number of aromatic amines is 1. The highest BCUT2D eigenvalue weighted by Crippen LogP contribution is 2.12. The maximum absolute atomic E-state index is 11.4. The largest absolute Gasteiger partial charge is 0.365 e. The van der Waals surface area contributed by atoms with Gasteiger partial charge in [0.2, 0.25) is 0 Å². The van der Waals surface area contributed by atoms with E-state index in [2.05, 4.69) is 21.0 Å². The number of H-pyrrole nitrogens is 1. The summed E-state index contributed by atoms with van der Waals surface area (Å²) in [5.74, 6) is 0. The van der Waals surface area contributed by atoms with E-state index < -0.39 is 0 Å². The Morgan fingerprint density at radius 2 is 2.19 bits per heavy atom. The molecule has 0 aliphatic heterocycles. The zero-order valence-corrected chi connectivity index (χ0v) is 9.78. The minimum atomic E-state index is -0.346. The second kappa shape index (κ2) is 6.06. The minimum absolute atomic E-state index is 0.346. The summed E-state index contributed by atoms with van der Waals surface area (Å²) in [5, 5.41) is 9.43. The molecule has 0 unspecified atom stereocenters. The van der Waals surface area contributed by atoms with Crippen molar-refractivity contribution in [3.63, 3.8) is 0 Å². The topological polar surface area (TPSA) is 84.8 Å². The highest BCUT2D eigenvalue weighted by atomic mass is 16.6. The van der Waals surface area contributed by atoms with Gasteiger partial charge in [-0.25, -0.2) is 9.89 Å². The van der Waals surface area contributed by atoms with Crippen molar-refractivity contribution >= 4 is 5.70 Å². The molecule has 0 amide bonds. The fourth-order valence-electron chi connectivity index (χ4n) is 1.36. The van der Waals surface area contributed by atoms with Gasteiger partial charge in [-0.3, -0.25) is 10.3 Å². The number of rotatable bonds is 6. The Balaban J connectivity index is 3.06. The lowest BCUT2D eigenvalue weighted by molar-refractivity contribution is 0.0715. The molecule has 0 atom stereocenters. The van der Waals surface area contributed by atoms with Crippen LogP contribution in [0.4, 0.5) is 0 Å². The SMILES string of the molecule is CCONC(CC)=C(CC)n1nn[nH]c1=O. The first-order valence-corrected chi connectivity index (χ1v) is 5.35. The number of allylic oxidation sites excluding steroid dienone is 2. The number of tetrazole rings is 1. The van der Waals surface area contributed by atoms with Gasteiger partial charge in [-0.1, -0.05) is 13.8 Å². The molecular weight excluding hydrogens is 210 g/mol. The zero-order chi connectivity index (χ0) is 12.0. The molecule has 0 spiro atoms. The summed E-state index contributed by atoms with van der Waals surface area (Å²) in [5.41, 5.74) is 4.07. The Hall–Kier alpha value is -1.63. The van der Waals surface area contributed by atoms with Crippen LogP contribution in [0.25, 0.3) is 5.70 Å². The molecule has 0 saturated heterocycles. The molecule has 0 radical (unpaired) electrons. The van der Waals surface area contributed by atoms with Crippen LogP contribution in [0, 0.1) is 0 Å². The van der Waals surface area contributed by atoms with E-state index >= 15 is 0 Å². The Kier molecular flexibility index (Phi) is 4.71. The molecule has 1 rings (SSSR count). The number of aromatic nitrogens is 4. The van der Waals surface area contributed by atoms with E-state index in [-0.39, 0.29) is 5.69 Å². The molecule has 7 heteroatoms. The molecule has 1 aromatic heterocycles. The molecule has 2 N–H and O–H groups in total. The predicted molar refractivity (Wildman–Crippen MR) is 59.2 cm³/mol. The first-order chi connectivity index (χ1) is 7.74. The van der Waals surface area contributed by atoms with Crippen LogP contribution in [0.5, 0.6) is 0 Å². The molecule has 7 nitrogen and oxygen atoms in total. The monoisotopic (exact) mass is 227 g/mol. The zero-order valence-electron chi connectivity index (χ0n) is 9.78. The van der Waals surface area contributed by atoms with Gasteiger partial charge in [-0.15, -0.1) is 0 Å². The van der Waals surface area contributed by atoms with Crippen molar-refractivity contribution in [2.45, 2.75) is 33.6 Å². The van der Waals surface area contributed by atoms with E-state index in [1.807, 2.05) is 20.8 Å². The molecule has 90 valence electrons. The predicted octanol–water partition coefficient (Wildman–Crippen LogP) is 0.496. The van der Waals surface area contributed by atoms with Crippen LogP contribution >= 0.6 is 0 Å². The van der Waals surface area contributed by atoms with Crippen molar-refractivity contribution in [3.05, 3.63) is 16.2 Å². The van der Waals surface area contributed by atoms with Crippen LogP contribution < -0.4 is 11.2 Å². The standard InChI is InChI=1S/C9H17N5O2/c1-4-7(11-16-6-3)8(5-2)14-9(15)10-12-13-14/h11H,4-6H2,1-3H3,(H,10,13,15). The second-order valence-corrected chi connectivity index (χ2v) is 3.09. The molecule has 0 fully saturated rings. The summed E-state index contributed by atoms with van der Waals surface area (Å²) in [6.07, 6.45) is 1.39. The molecule has 0 aliphatic rings. The Labute approximate surface area is 93.4 Å². The maximum Gasteiger partial charge on any atom is 0.365 e. The quantitative estimate of drug-likeness (QED) is 0.691. The van der Waals surface area contributed by atoms with Crippen LogP contribution in [0.3, 0.4) is 0 Å². The van der Waals surface area contributed by atoms with Gasteiger partial charge in [0.1, 0.15) is 0 Å². The lowest BCUT2D eigenvalue weighted by Gasteiger charge is -2.12. The van der Waals surface area contributed by atoms with Crippen LogP contribution in [-0.4, -0.2) is 26.8 Å². The molecule has 16 heavy (non-hydrogen) atoms. The van der Waals surface area contributed by atoms with Gasteiger partial charge in [0.05, 0.1) is 18.0 Å². The van der Waals surface area contributed by atoms with Gasteiger partial charge in [-0.2, -0.15) is 4.68 Å². The van der Waals surface area contributed by atoms with Crippen molar-refractivity contribution in [2.75, 3.05) is 6.61 Å². The summed E-state index contributed by atoms with van der Waals surface area (Å²) < 4.78 is 1.24. The van der Waals surface area contributed by atoms with E-state index in [4.69, 9.17) is 4.84 Å². The van der Waals surface area contributed by atoms with E-state index in [0.717, 1.165) is 17.8 Å². The van der Waals surface area contributed by atoms with Crippen molar-refractivity contribution < 1.29 is 4.84 Å². The molecule has 0 bridgehead atoms. The summed E-state index contributed by atoms with van der Waals surface area (Å²) in [4.78, 5) is 16.5. The van der Waals surface area contributed by atoms with E-state index in [0.29, 0.717) is 13.0 Å². The lowest BCUT2D eigenvalue weighted by Crippen LogP contribution is -2.23. The van der Waals surface area contributed by atoms with Crippen LogP contribution in [0.15, 0.2) is 10.5 Å². The molecule has 0 aliphatic carbocycles. The Morgan fingerprint density at radius 1 is 1.44 bits per heavy atom. The Bertz CT molecular complexity index is 406. The number of hydroxylamine groups is 1. The van der Waals surface area contributed by atoms with Crippen LogP contribution in [-0.2, 0) is 4.84 Å². The van der Waals surface area contributed by atoms with Crippen molar-refractivity contribution in [1.82, 2.24) is 25.7 Å². The first-order valence-electron chi connectivity index (χ1n) is 5.35. The van der Waals surface area contributed by atoms with Gasteiger partial charge in [0, 0.05) is 0 Å². The lowest BCUT2D eigenvalue weighted by atomic mass is 10.2. The number of hydrogen-bond donors (Lipinski definition) is 2. The van der Waals surface area contributed by atoms with E-state index in [1.54, 1.807) is 0 Å². The molecule has 0 aromatic carbocycles. The van der Waals surface area contributed by atoms with Crippen molar-refractivity contribution in [1.29, 1.82) is 0 Å². The van der Waals surface area contributed by atoms with E-state index in [9.17, 15) is 4.79 Å². The van der Waals surface area contributed by atoms with Crippen molar-refractivity contribution in [3.8, 4) is 0 Å². The number of nitrogens with one attached hydrogen (secondary N) is 2.